The van der Waals surface area contributed by atoms with E-state index >= 15 is 0 Å². The molecule has 0 aromatic rings. The van der Waals surface area contributed by atoms with Crippen molar-refractivity contribution in [3.63, 3.8) is 0 Å². The molecule has 0 aliphatic carbocycles. The van der Waals surface area contributed by atoms with Crippen molar-refractivity contribution >= 4 is 40.9 Å². The van der Waals surface area contributed by atoms with Crippen LogP contribution in [-0.2, 0) is 19.2 Å². The normalized spacial score (nSPS) is 13.0. The van der Waals surface area contributed by atoms with E-state index < -0.39 is 23.8 Å². The lowest BCUT2D eigenvalue weighted by molar-refractivity contribution is -0.147. The van der Waals surface area contributed by atoms with E-state index in [1.807, 2.05) is 13.8 Å². The number of hydrogen-bond donors (Lipinski definition) is 4. The van der Waals surface area contributed by atoms with Crippen LogP contribution < -0.4 is 0 Å². The Morgan fingerprint density at radius 2 is 0.793 bits per heavy atom. The Labute approximate surface area is 185 Å². The number of rotatable bonds is 8. The van der Waals surface area contributed by atoms with Crippen LogP contribution in [0.1, 0.15) is 81.1 Å². The van der Waals surface area contributed by atoms with Crippen molar-refractivity contribution < 1.29 is 39.6 Å². The number of aliphatic carboxylic acids is 2. The predicted molar refractivity (Wildman–Crippen MR) is 118 cm³/mol. The standard InChI is InChI=1S/2C6H10O3.2C4H10O.Al.3H/c2*1-3-5(4(2)7)6(8)9;2*1-3-4(2)5;;;;/h2*5H,3H2,1-2H3,(H,8,9);2*4-5H,3H2,1-2H3;;;;. The van der Waals surface area contributed by atoms with E-state index in [1.54, 1.807) is 27.7 Å². The molecule has 4 unspecified atom stereocenters. The predicted octanol–water partition coefficient (Wildman–Crippen LogP) is 1.74. The molecule has 4 N–H and O–H groups in total. The highest BCUT2D eigenvalue weighted by Gasteiger charge is 2.19. The lowest BCUT2D eigenvalue weighted by Crippen LogP contribution is -2.19. The van der Waals surface area contributed by atoms with Crippen molar-refractivity contribution in [2.45, 2.75) is 93.3 Å². The number of aliphatic hydroxyl groups is 2. The highest BCUT2D eigenvalue weighted by molar-refractivity contribution is 5.97. The summed E-state index contributed by atoms with van der Waals surface area (Å²) in [6, 6.07) is 0. The molecule has 0 aliphatic rings. The second-order valence-electron chi connectivity index (χ2n) is 6.33. The summed E-state index contributed by atoms with van der Waals surface area (Å²) >= 11 is 0. The molecule has 8 nitrogen and oxygen atoms in total. The maximum absolute atomic E-state index is 10.4. The van der Waals surface area contributed by atoms with Crippen molar-refractivity contribution in [3.8, 4) is 0 Å². The highest BCUT2D eigenvalue weighted by atomic mass is 27.0. The maximum Gasteiger partial charge on any atom is 0.314 e. The summed E-state index contributed by atoms with van der Waals surface area (Å²) in [5.74, 6) is -4.19. The van der Waals surface area contributed by atoms with Crippen molar-refractivity contribution in [2.75, 3.05) is 0 Å². The molecule has 4 atom stereocenters. The van der Waals surface area contributed by atoms with Crippen LogP contribution in [0.4, 0.5) is 0 Å². The first-order valence-electron chi connectivity index (χ1n) is 9.55. The van der Waals surface area contributed by atoms with Crippen molar-refractivity contribution in [1.29, 1.82) is 0 Å². The molecule has 0 aliphatic heterocycles. The van der Waals surface area contributed by atoms with E-state index in [0.29, 0.717) is 12.8 Å². The first-order chi connectivity index (χ1) is 12.7. The molecule has 9 heteroatoms. The van der Waals surface area contributed by atoms with Crippen LogP contribution in [0.15, 0.2) is 0 Å². The molecule has 0 heterocycles. The fourth-order valence-electron chi connectivity index (χ4n) is 1.27. The molecule has 0 aromatic heterocycles. The summed E-state index contributed by atoms with van der Waals surface area (Å²) in [5.41, 5.74) is 0. The Balaban J connectivity index is -0.0000000907. The van der Waals surface area contributed by atoms with Gasteiger partial charge in [-0.05, 0) is 53.4 Å². The van der Waals surface area contributed by atoms with Crippen LogP contribution in [0.3, 0.4) is 0 Å². The second kappa shape index (κ2) is 24.8. The van der Waals surface area contributed by atoms with Gasteiger partial charge in [0.2, 0.25) is 0 Å². The fourth-order valence-corrected chi connectivity index (χ4v) is 1.27. The minimum atomic E-state index is -1.02. The largest absolute Gasteiger partial charge is 0.481 e. The number of Topliss-reactive ketones (excluding diaryl/α,β-unsaturated/α-hetero) is 2. The third-order valence-electron chi connectivity index (χ3n) is 3.58. The lowest BCUT2D eigenvalue weighted by atomic mass is 10.0. The van der Waals surface area contributed by atoms with Gasteiger partial charge in [0, 0.05) is 0 Å². The van der Waals surface area contributed by atoms with E-state index in [9.17, 15) is 19.2 Å². The molecule has 0 amide bonds. The summed E-state index contributed by atoms with van der Waals surface area (Å²) in [5, 5.41) is 33.4. The number of carbonyl (C=O) groups excluding carboxylic acids is 2. The van der Waals surface area contributed by atoms with Gasteiger partial charge in [-0.25, -0.2) is 0 Å². The van der Waals surface area contributed by atoms with Gasteiger partial charge in [-0.2, -0.15) is 0 Å². The number of ketones is 2. The van der Waals surface area contributed by atoms with E-state index in [-0.39, 0.29) is 41.1 Å². The first-order valence-corrected chi connectivity index (χ1v) is 9.55. The van der Waals surface area contributed by atoms with E-state index in [4.69, 9.17) is 20.4 Å². The second-order valence-corrected chi connectivity index (χ2v) is 6.33. The Hall–Kier alpha value is -1.27. The van der Waals surface area contributed by atoms with Crippen LogP contribution >= 0.6 is 0 Å². The molecule has 0 rings (SSSR count). The average Bonchev–Trinajstić information content (AvgIpc) is 2.56. The van der Waals surface area contributed by atoms with Gasteiger partial charge in [0.1, 0.15) is 23.4 Å². The average molecular weight is 439 g/mol. The molecular formula is C20H43AlO8. The fraction of sp³-hybridized carbons (Fsp3) is 0.800. The molecule has 0 fully saturated rings. The molecule has 0 saturated heterocycles. The van der Waals surface area contributed by atoms with Gasteiger partial charge < -0.3 is 20.4 Å². The third-order valence-corrected chi connectivity index (χ3v) is 3.58. The van der Waals surface area contributed by atoms with E-state index in [1.165, 1.54) is 13.8 Å². The molecule has 29 heavy (non-hydrogen) atoms. The van der Waals surface area contributed by atoms with Gasteiger partial charge in [0.05, 0.1) is 12.2 Å². The first kappa shape index (κ1) is 38.4. The van der Waals surface area contributed by atoms with Crippen molar-refractivity contribution in [1.82, 2.24) is 0 Å². The molecule has 0 radical (unpaired) electrons. The van der Waals surface area contributed by atoms with Gasteiger partial charge in [0.25, 0.3) is 0 Å². The zero-order chi connectivity index (χ0) is 23.4. The smallest absolute Gasteiger partial charge is 0.314 e. The zero-order valence-corrected chi connectivity index (χ0v) is 18.6. The number of carbonyl (C=O) groups is 4. The number of aliphatic hydroxyl groups excluding tert-OH is 2. The minimum Gasteiger partial charge on any atom is -0.481 e. The molecule has 0 aromatic carbocycles. The summed E-state index contributed by atoms with van der Waals surface area (Å²) in [6.45, 7) is 13.4. The highest BCUT2D eigenvalue weighted by Crippen LogP contribution is 2.03. The van der Waals surface area contributed by atoms with Crippen molar-refractivity contribution in [2.24, 2.45) is 11.8 Å². The van der Waals surface area contributed by atoms with Crippen LogP contribution in [0, 0.1) is 11.8 Å². The number of carboxylic acids is 2. The Morgan fingerprint density at radius 1 is 0.621 bits per heavy atom. The quantitative estimate of drug-likeness (QED) is 0.331. The van der Waals surface area contributed by atoms with Gasteiger partial charge >= 0.3 is 11.9 Å². The topological polar surface area (TPSA) is 149 Å². The van der Waals surface area contributed by atoms with Gasteiger partial charge in [-0.3, -0.25) is 19.2 Å². The van der Waals surface area contributed by atoms with E-state index in [0.717, 1.165) is 12.8 Å². The summed E-state index contributed by atoms with van der Waals surface area (Å²) in [7, 11) is 0. The third kappa shape index (κ3) is 31.6. The van der Waals surface area contributed by atoms with Crippen LogP contribution in [-0.4, -0.2) is 73.5 Å². The molecular weight excluding hydrogens is 395 g/mol. The number of carboxylic acid groups (broad SMARTS) is 2. The summed E-state index contributed by atoms with van der Waals surface area (Å²) in [6.07, 6.45) is 2.25. The van der Waals surface area contributed by atoms with Gasteiger partial charge in [0.15, 0.2) is 17.4 Å². The number of hydrogen-bond acceptors (Lipinski definition) is 6. The van der Waals surface area contributed by atoms with Gasteiger partial charge in [-0.1, -0.05) is 27.7 Å². The molecule has 0 saturated carbocycles. The minimum absolute atomic E-state index is 0. The molecule has 174 valence electrons. The summed E-state index contributed by atoms with van der Waals surface area (Å²) < 4.78 is 0. The van der Waals surface area contributed by atoms with Crippen LogP contribution in [0.25, 0.3) is 0 Å². The maximum atomic E-state index is 10.4. The van der Waals surface area contributed by atoms with Crippen molar-refractivity contribution in [3.05, 3.63) is 0 Å². The van der Waals surface area contributed by atoms with Crippen LogP contribution in [0.2, 0.25) is 0 Å². The SMILES string of the molecule is CCC(C(C)=O)C(=O)O.CCC(C(C)=O)C(=O)O.CCC(C)O.CCC(C)O.[AlH3]. The van der Waals surface area contributed by atoms with Gasteiger partial charge in [-0.15, -0.1) is 0 Å². The van der Waals surface area contributed by atoms with E-state index in [2.05, 4.69) is 0 Å². The Morgan fingerprint density at radius 3 is 0.793 bits per heavy atom. The Bertz CT molecular complexity index is 368. The molecule has 0 bridgehead atoms. The molecule has 0 spiro atoms. The van der Waals surface area contributed by atoms with Crippen LogP contribution in [0.5, 0.6) is 0 Å². The summed E-state index contributed by atoms with van der Waals surface area (Å²) in [4.78, 5) is 41.2. The zero-order valence-electron chi connectivity index (χ0n) is 18.6. The Kier molecular flexibility index (Phi) is 32.8. The lowest BCUT2D eigenvalue weighted by Gasteiger charge is -2.01. The monoisotopic (exact) mass is 438 g/mol.